The van der Waals surface area contributed by atoms with Crippen LogP contribution >= 0.6 is 11.6 Å². The van der Waals surface area contributed by atoms with E-state index in [-0.39, 0.29) is 17.8 Å². The molecule has 1 aliphatic heterocycles. The van der Waals surface area contributed by atoms with Gasteiger partial charge in [0.2, 0.25) is 0 Å². The second-order valence-electron chi connectivity index (χ2n) is 5.13. The lowest BCUT2D eigenvalue weighted by atomic mass is 10.0. The smallest absolute Gasteiger partial charge is 0.251 e. The average molecular weight is 311 g/mol. The van der Waals surface area contributed by atoms with Gasteiger partial charge in [0.15, 0.2) is 5.84 Å². The Morgan fingerprint density at radius 2 is 2.19 bits per heavy atom. The molecule has 0 radical (unpaired) electrons. The molecule has 1 amide bonds. The average Bonchev–Trinajstić information content (AvgIpc) is 2.49. The number of piperidine rings is 1. The standard InChI is InChI=1S/C14H19ClN4O2/c15-11-3-1-2-10(8-11)14(20)17-12-4-6-19(7-5-12)9-13(16)18-21/h1-3,8,12,21H,4-7,9H2,(H2,16,18)(H,17,20). The number of amides is 1. The zero-order valence-corrected chi connectivity index (χ0v) is 12.4. The topological polar surface area (TPSA) is 91.0 Å². The van der Waals surface area contributed by atoms with Gasteiger partial charge in [-0.15, -0.1) is 0 Å². The molecule has 0 unspecified atom stereocenters. The maximum atomic E-state index is 12.1. The molecule has 0 atom stereocenters. The summed E-state index contributed by atoms with van der Waals surface area (Å²) in [5.74, 6) is 0.101. The van der Waals surface area contributed by atoms with Crippen LogP contribution in [0.4, 0.5) is 0 Å². The van der Waals surface area contributed by atoms with Gasteiger partial charge in [-0.1, -0.05) is 22.8 Å². The number of carbonyl (C=O) groups excluding carboxylic acids is 1. The molecule has 0 aliphatic carbocycles. The van der Waals surface area contributed by atoms with Crippen molar-refractivity contribution in [3.63, 3.8) is 0 Å². The van der Waals surface area contributed by atoms with Crippen LogP contribution in [-0.4, -0.2) is 47.5 Å². The van der Waals surface area contributed by atoms with Crippen LogP contribution in [0.3, 0.4) is 0 Å². The lowest BCUT2D eigenvalue weighted by molar-refractivity contribution is 0.0914. The largest absolute Gasteiger partial charge is 0.409 e. The Hall–Kier alpha value is -1.79. The van der Waals surface area contributed by atoms with E-state index in [9.17, 15) is 4.79 Å². The Balaban J connectivity index is 1.82. The molecule has 0 aromatic heterocycles. The Morgan fingerprint density at radius 3 is 2.81 bits per heavy atom. The lowest BCUT2D eigenvalue weighted by Gasteiger charge is -2.31. The van der Waals surface area contributed by atoms with Crippen LogP contribution in [0, 0.1) is 0 Å². The predicted molar refractivity (Wildman–Crippen MR) is 81.8 cm³/mol. The molecule has 1 aromatic carbocycles. The number of nitrogens with zero attached hydrogens (tertiary/aromatic N) is 2. The molecule has 7 heteroatoms. The fourth-order valence-corrected chi connectivity index (χ4v) is 2.58. The first kappa shape index (κ1) is 15.6. The van der Waals surface area contributed by atoms with E-state index in [0.29, 0.717) is 17.1 Å². The molecule has 4 N–H and O–H groups in total. The number of halogens is 1. The van der Waals surface area contributed by atoms with Crippen molar-refractivity contribution in [2.24, 2.45) is 10.9 Å². The van der Waals surface area contributed by atoms with E-state index in [1.54, 1.807) is 24.3 Å². The summed E-state index contributed by atoms with van der Waals surface area (Å²) < 4.78 is 0. The molecule has 0 saturated carbocycles. The number of rotatable bonds is 4. The highest BCUT2D eigenvalue weighted by molar-refractivity contribution is 6.30. The summed E-state index contributed by atoms with van der Waals surface area (Å²) in [4.78, 5) is 14.2. The molecule has 1 aliphatic rings. The minimum Gasteiger partial charge on any atom is -0.409 e. The molecule has 114 valence electrons. The van der Waals surface area contributed by atoms with Crippen LogP contribution in [0.25, 0.3) is 0 Å². The Labute approximate surface area is 128 Å². The first-order valence-corrected chi connectivity index (χ1v) is 7.21. The highest BCUT2D eigenvalue weighted by Gasteiger charge is 2.21. The van der Waals surface area contributed by atoms with Crippen molar-refractivity contribution in [2.75, 3.05) is 19.6 Å². The molecular formula is C14H19ClN4O2. The Kier molecular flexibility index (Phi) is 5.41. The highest BCUT2D eigenvalue weighted by atomic mass is 35.5. The van der Waals surface area contributed by atoms with E-state index in [2.05, 4.69) is 15.4 Å². The molecule has 2 rings (SSSR count). The van der Waals surface area contributed by atoms with E-state index in [1.165, 1.54) is 0 Å². The van der Waals surface area contributed by atoms with Gasteiger partial charge in [-0.05, 0) is 31.0 Å². The van der Waals surface area contributed by atoms with Crippen LogP contribution in [0.15, 0.2) is 29.4 Å². The van der Waals surface area contributed by atoms with Crippen molar-refractivity contribution in [3.05, 3.63) is 34.9 Å². The van der Waals surface area contributed by atoms with E-state index in [1.807, 2.05) is 0 Å². The van der Waals surface area contributed by atoms with E-state index < -0.39 is 0 Å². The number of carbonyl (C=O) groups is 1. The van der Waals surface area contributed by atoms with Gasteiger partial charge in [-0.25, -0.2) is 0 Å². The third-order valence-corrected chi connectivity index (χ3v) is 3.76. The SMILES string of the molecule is NC(CN1CCC(NC(=O)c2cccc(Cl)c2)CC1)=NO. The van der Waals surface area contributed by atoms with E-state index >= 15 is 0 Å². The molecule has 6 nitrogen and oxygen atoms in total. The number of nitrogens with one attached hydrogen (secondary N) is 1. The summed E-state index contributed by atoms with van der Waals surface area (Å²) in [7, 11) is 0. The maximum Gasteiger partial charge on any atom is 0.251 e. The van der Waals surface area contributed by atoms with Crippen molar-refractivity contribution in [2.45, 2.75) is 18.9 Å². The Bertz CT molecular complexity index is 527. The molecule has 21 heavy (non-hydrogen) atoms. The summed E-state index contributed by atoms with van der Waals surface area (Å²) in [6.45, 7) is 2.05. The van der Waals surface area contributed by atoms with Crippen molar-refractivity contribution >= 4 is 23.3 Å². The number of hydrogen-bond acceptors (Lipinski definition) is 4. The minimum atomic E-state index is -0.104. The normalized spacial score (nSPS) is 17.7. The summed E-state index contributed by atoms with van der Waals surface area (Å²) in [5.41, 5.74) is 6.06. The lowest BCUT2D eigenvalue weighted by Crippen LogP contribution is -2.46. The molecule has 1 heterocycles. The second-order valence-corrected chi connectivity index (χ2v) is 5.56. The molecule has 1 fully saturated rings. The van der Waals surface area contributed by atoms with E-state index in [4.69, 9.17) is 22.5 Å². The van der Waals surface area contributed by atoms with Gasteiger partial charge in [-0.2, -0.15) is 0 Å². The molecule has 1 saturated heterocycles. The summed E-state index contributed by atoms with van der Waals surface area (Å²) in [5, 5.41) is 15.1. The third kappa shape index (κ3) is 4.61. The third-order valence-electron chi connectivity index (χ3n) is 3.52. The predicted octanol–water partition coefficient (Wildman–Crippen LogP) is 1.28. The van der Waals surface area contributed by atoms with Crippen molar-refractivity contribution < 1.29 is 10.0 Å². The number of amidine groups is 1. The fraction of sp³-hybridized carbons (Fsp3) is 0.429. The molecule has 0 spiro atoms. The molecule has 1 aromatic rings. The fourth-order valence-electron chi connectivity index (χ4n) is 2.39. The number of benzene rings is 1. The molecular weight excluding hydrogens is 292 g/mol. The first-order chi connectivity index (χ1) is 10.1. The van der Waals surface area contributed by atoms with Crippen molar-refractivity contribution in [1.82, 2.24) is 10.2 Å². The second kappa shape index (κ2) is 7.28. The molecule has 0 bridgehead atoms. The van der Waals surface area contributed by atoms with Crippen molar-refractivity contribution in [1.29, 1.82) is 0 Å². The Morgan fingerprint density at radius 1 is 1.48 bits per heavy atom. The monoisotopic (exact) mass is 310 g/mol. The van der Waals surface area contributed by atoms with Gasteiger partial charge in [0.05, 0.1) is 6.54 Å². The van der Waals surface area contributed by atoms with E-state index in [0.717, 1.165) is 25.9 Å². The summed E-state index contributed by atoms with van der Waals surface area (Å²) in [6.07, 6.45) is 1.68. The minimum absolute atomic E-state index is 0.104. The van der Waals surface area contributed by atoms with Gasteiger partial charge < -0.3 is 16.3 Å². The first-order valence-electron chi connectivity index (χ1n) is 6.83. The zero-order valence-electron chi connectivity index (χ0n) is 11.6. The van der Waals surface area contributed by atoms with Crippen LogP contribution in [0.1, 0.15) is 23.2 Å². The van der Waals surface area contributed by atoms with Gasteiger partial charge in [0, 0.05) is 29.7 Å². The quantitative estimate of drug-likeness (QED) is 0.338. The number of oxime groups is 1. The van der Waals surface area contributed by atoms with Crippen LogP contribution in [-0.2, 0) is 0 Å². The number of likely N-dealkylation sites (tertiary alicyclic amines) is 1. The van der Waals surface area contributed by atoms with Crippen LogP contribution in [0.5, 0.6) is 0 Å². The van der Waals surface area contributed by atoms with Crippen molar-refractivity contribution in [3.8, 4) is 0 Å². The summed E-state index contributed by atoms with van der Waals surface area (Å²) >= 11 is 5.88. The van der Waals surface area contributed by atoms with Gasteiger partial charge >= 0.3 is 0 Å². The van der Waals surface area contributed by atoms with Crippen LogP contribution in [0.2, 0.25) is 5.02 Å². The summed E-state index contributed by atoms with van der Waals surface area (Å²) in [6, 6.07) is 7.04. The van der Waals surface area contributed by atoms with Gasteiger partial charge in [0.25, 0.3) is 5.91 Å². The van der Waals surface area contributed by atoms with Gasteiger partial charge in [-0.3, -0.25) is 9.69 Å². The number of hydrogen-bond donors (Lipinski definition) is 3. The van der Waals surface area contributed by atoms with Gasteiger partial charge in [0.1, 0.15) is 0 Å². The zero-order chi connectivity index (χ0) is 15.2. The number of nitrogens with two attached hydrogens (primary N) is 1. The highest BCUT2D eigenvalue weighted by Crippen LogP contribution is 2.13. The maximum absolute atomic E-state index is 12.1. The van der Waals surface area contributed by atoms with Crippen LogP contribution < -0.4 is 11.1 Å².